The molecule has 32 heavy (non-hydrogen) atoms. The molecule has 0 bridgehead atoms. The fourth-order valence-electron chi connectivity index (χ4n) is 4.03. The molecule has 0 fully saturated rings. The number of aliphatic hydroxyl groups is 1. The predicted molar refractivity (Wildman–Crippen MR) is 108 cm³/mol. The first-order chi connectivity index (χ1) is 14.9. The van der Waals surface area contributed by atoms with Crippen molar-refractivity contribution >= 4 is 22.2 Å². The molecule has 0 aliphatic heterocycles. The zero-order chi connectivity index (χ0) is 23.4. The van der Waals surface area contributed by atoms with Crippen LogP contribution in [0.4, 0.5) is 27.6 Å². The van der Waals surface area contributed by atoms with Crippen LogP contribution in [0.5, 0.6) is 5.75 Å². The molecule has 1 aliphatic rings. The molecule has 0 radical (unpaired) electrons. The normalized spacial score (nSPS) is 22.2. The number of anilines is 1. The molecule has 1 aromatic heterocycles. The standard InChI is InChI=1S/C22H18F5N3O2/c1-3-11-8-21(32,22(25,26)27)20(14-6-16(24)19(31)7-13(11)14)30-18-5-12(23)4-17-15(18)9-28-10(2)29-17/h3-7,9,20,30-32H,8H2,1-2H3/b11-3+/t20-,21+/m0/s1. The van der Waals surface area contributed by atoms with E-state index in [2.05, 4.69) is 15.3 Å². The van der Waals surface area contributed by atoms with Gasteiger partial charge in [0, 0.05) is 29.8 Å². The van der Waals surface area contributed by atoms with Gasteiger partial charge >= 0.3 is 6.18 Å². The molecule has 5 nitrogen and oxygen atoms in total. The summed E-state index contributed by atoms with van der Waals surface area (Å²) in [5.41, 5.74) is -3.31. The molecular formula is C22H18F5N3O2. The van der Waals surface area contributed by atoms with Crippen molar-refractivity contribution < 1.29 is 32.2 Å². The van der Waals surface area contributed by atoms with Crippen LogP contribution in [-0.4, -0.2) is 32.0 Å². The van der Waals surface area contributed by atoms with E-state index in [1.165, 1.54) is 19.2 Å². The summed E-state index contributed by atoms with van der Waals surface area (Å²) < 4.78 is 70.9. The van der Waals surface area contributed by atoms with Crippen molar-refractivity contribution in [2.24, 2.45) is 0 Å². The van der Waals surface area contributed by atoms with Gasteiger partial charge in [0.1, 0.15) is 11.6 Å². The summed E-state index contributed by atoms with van der Waals surface area (Å²) in [4.78, 5) is 8.10. The van der Waals surface area contributed by atoms with E-state index in [9.17, 15) is 32.2 Å². The van der Waals surface area contributed by atoms with Crippen molar-refractivity contribution in [3.05, 3.63) is 65.1 Å². The predicted octanol–water partition coefficient (Wildman–Crippen LogP) is 5.18. The zero-order valence-corrected chi connectivity index (χ0v) is 16.9. The van der Waals surface area contributed by atoms with Crippen molar-refractivity contribution in [3.63, 3.8) is 0 Å². The van der Waals surface area contributed by atoms with Gasteiger partial charge in [-0.2, -0.15) is 13.2 Å². The molecule has 4 rings (SSSR count). The number of phenols is 1. The second-order valence-electron chi connectivity index (χ2n) is 7.68. The maximum absolute atomic E-state index is 14.3. The van der Waals surface area contributed by atoms with E-state index in [-0.39, 0.29) is 33.3 Å². The Morgan fingerprint density at radius 1 is 1.19 bits per heavy atom. The number of aromatic hydroxyl groups is 1. The lowest BCUT2D eigenvalue weighted by atomic mass is 9.72. The van der Waals surface area contributed by atoms with E-state index >= 15 is 0 Å². The van der Waals surface area contributed by atoms with E-state index < -0.39 is 41.6 Å². The Morgan fingerprint density at radius 2 is 1.91 bits per heavy atom. The van der Waals surface area contributed by atoms with Gasteiger partial charge in [0.05, 0.1) is 11.6 Å². The van der Waals surface area contributed by atoms with E-state index in [0.717, 1.165) is 24.3 Å². The lowest BCUT2D eigenvalue weighted by Crippen LogP contribution is -2.54. The molecule has 2 aromatic carbocycles. The van der Waals surface area contributed by atoms with Crippen molar-refractivity contribution in [1.82, 2.24) is 9.97 Å². The second-order valence-corrected chi connectivity index (χ2v) is 7.68. The smallest absolute Gasteiger partial charge is 0.419 e. The van der Waals surface area contributed by atoms with E-state index in [4.69, 9.17) is 0 Å². The Morgan fingerprint density at radius 3 is 2.56 bits per heavy atom. The molecule has 168 valence electrons. The highest BCUT2D eigenvalue weighted by molar-refractivity contribution is 5.91. The second kappa shape index (κ2) is 7.40. The summed E-state index contributed by atoms with van der Waals surface area (Å²) in [5.74, 6) is -2.32. The SMILES string of the molecule is C/C=C1\C[C@](O)(C(F)(F)F)[C@@H](Nc2cc(F)cc3nc(C)ncc23)c2cc(F)c(O)cc21. The molecule has 0 saturated heterocycles. The van der Waals surface area contributed by atoms with E-state index in [1.54, 1.807) is 6.92 Å². The molecule has 2 atom stereocenters. The first-order valence-corrected chi connectivity index (χ1v) is 9.61. The molecule has 1 aliphatic carbocycles. The fourth-order valence-corrected chi connectivity index (χ4v) is 4.03. The molecule has 10 heteroatoms. The number of aryl methyl sites for hydroxylation is 1. The lowest BCUT2D eigenvalue weighted by Gasteiger charge is -2.44. The summed E-state index contributed by atoms with van der Waals surface area (Å²) in [6.07, 6.45) is -3.30. The highest BCUT2D eigenvalue weighted by Gasteiger charge is 2.61. The van der Waals surface area contributed by atoms with Gasteiger partial charge in [-0.05, 0) is 48.7 Å². The fraction of sp³-hybridized carbons (Fsp3) is 0.273. The van der Waals surface area contributed by atoms with Crippen LogP contribution < -0.4 is 5.32 Å². The number of nitrogens with zero attached hydrogens (tertiary/aromatic N) is 2. The minimum Gasteiger partial charge on any atom is -0.505 e. The number of allylic oxidation sites excluding steroid dienone is 1. The number of benzene rings is 2. The molecular weight excluding hydrogens is 433 g/mol. The van der Waals surface area contributed by atoms with Crippen molar-refractivity contribution in [2.75, 3.05) is 5.32 Å². The number of halogens is 5. The number of nitrogens with one attached hydrogen (secondary N) is 1. The van der Waals surface area contributed by atoms with Crippen LogP contribution in [0.15, 0.2) is 36.5 Å². The number of rotatable bonds is 2. The third-order valence-electron chi connectivity index (χ3n) is 5.64. The Bertz CT molecular complexity index is 1250. The summed E-state index contributed by atoms with van der Waals surface area (Å²) in [6.45, 7) is 3.05. The molecule has 0 spiro atoms. The van der Waals surface area contributed by atoms with Gasteiger partial charge in [-0.3, -0.25) is 0 Å². The zero-order valence-electron chi connectivity index (χ0n) is 16.9. The highest BCUT2D eigenvalue weighted by atomic mass is 19.4. The number of hydrogen-bond donors (Lipinski definition) is 3. The topological polar surface area (TPSA) is 78.3 Å². The summed E-state index contributed by atoms with van der Waals surface area (Å²) >= 11 is 0. The lowest BCUT2D eigenvalue weighted by molar-refractivity contribution is -0.265. The molecule has 1 heterocycles. The maximum atomic E-state index is 14.3. The van der Waals surface area contributed by atoms with E-state index in [0.29, 0.717) is 5.82 Å². The largest absolute Gasteiger partial charge is 0.505 e. The number of alkyl halides is 3. The number of aromatic nitrogens is 2. The van der Waals surface area contributed by atoms with Gasteiger partial charge in [0.25, 0.3) is 0 Å². The van der Waals surface area contributed by atoms with Crippen LogP contribution in [0.25, 0.3) is 16.5 Å². The Balaban J connectivity index is 1.97. The van der Waals surface area contributed by atoms with Gasteiger partial charge in [-0.1, -0.05) is 6.08 Å². The first-order valence-electron chi connectivity index (χ1n) is 9.61. The molecule has 0 amide bonds. The van der Waals surface area contributed by atoms with Gasteiger partial charge in [0.15, 0.2) is 17.2 Å². The molecule has 3 aromatic rings. The monoisotopic (exact) mass is 451 g/mol. The average Bonchev–Trinajstić information content (AvgIpc) is 2.70. The van der Waals surface area contributed by atoms with Gasteiger partial charge in [-0.15, -0.1) is 0 Å². The summed E-state index contributed by atoms with van der Waals surface area (Å²) in [5, 5.41) is 23.5. The Hall–Kier alpha value is -3.27. The van der Waals surface area contributed by atoms with Crippen LogP contribution in [0.2, 0.25) is 0 Å². The van der Waals surface area contributed by atoms with Crippen LogP contribution >= 0.6 is 0 Å². The number of hydrogen-bond acceptors (Lipinski definition) is 5. The summed E-state index contributed by atoms with van der Waals surface area (Å²) in [6, 6.07) is 1.90. The third-order valence-corrected chi connectivity index (χ3v) is 5.64. The van der Waals surface area contributed by atoms with Crippen molar-refractivity contribution in [2.45, 2.75) is 38.1 Å². The van der Waals surface area contributed by atoms with Gasteiger partial charge in [-0.25, -0.2) is 18.7 Å². The van der Waals surface area contributed by atoms with Crippen LogP contribution in [0.3, 0.4) is 0 Å². The molecule has 0 saturated carbocycles. The maximum Gasteiger partial charge on any atom is 0.419 e. The van der Waals surface area contributed by atoms with Gasteiger partial charge in [0.2, 0.25) is 0 Å². The van der Waals surface area contributed by atoms with Gasteiger partial charge < -0.3 is 15.5 Å². The Labute approximate surface area is 179 Å². The van der Waals surface area contributed by atoms with Crippen molar-refractivity contribution in [3.8, 4) is 5.75 Å². The van der Waals surface area contributed by atoms with E-state index in [1.807, 2.05) is 0 Å². The first kappa shape index (κ1) is 21.9. The summed E-state index contributed by atoms with van der Waals surface area (Å²) in [7, 11) is 0. The minimum absolute atomic E-state index is 0.0798. The quantitative estimate of drug-likeness (QED) is 0.469. The highest BCUT2D eigenvalue weighted by Crippen LogP contribution is 2.53. The Kier molecular flexibility index (Phi) is 5.08. The minimum atomic E-state index is -5.12. The molecule has 0 unspecified atom stereocenters. The average molecular weight is 451 g/mol. The van der Waals surface area contributed by atoms with Crippen LogP contribution in [0, 0.1) is 18.6 Å². The number of phenolic OH excluding ortho intramolecular Hbond substituents is 1. The number of fused-ring (bicyclic) bond motifs is 2. The van der Waals surface area contributed by atoms with Crippen molar-refractivity contribution in [1.29, 1.82) is 0 Å². The molecule has 3 N–H and O–H groups in total. The van der Waals surface area contributed by atoms with Crippen LogP contribution in [-0.2, 0) is 0 Å². The van der Waals surface area contributed by atoms with Crippen LogP contribution in [0.1, 0.15) is 36.3 Å². The third kappa shape index (κ3) is 3.44.